The van der Waals surface area contributed by atoms with E-state index in [9.17, 15) is 0 Å². The number of benzene rings is 1. The van der Waals surface area contributed by atoms with Crippen molar-refractivity contribution in [2.75, 3.05) is 7.11 Å². The molecule has 18 heavy (non-hydrogen) atoms. The molecule has 0 bridgehead atoms. The van der Waals surface area contributed by atoms with Gasteiger partial charge in [0.15, 0.2) is 0 Å². The van der Waals surface area contributed by atoms with Crippen molar-refractivity contribution in [2.24, 2.45) is 0 Å². The smallest absolute Gasteiger partial charge is 0.144 e. The molecule has 0 spiro atoms. The van der Waals surface area contributed by atoms with Crippen molar-refractivity contribution < 1.29 is 4.74 Å². The molecule has 2 aromatic rings. The Balaban J connectivity index is 1.78. The second-order valence-corrected chi connectivity index (χ2v) is 4.62. The van der Waals surface area contributed by atoms with Gasteiger partial charge in [-0.05, 0) is 25.0 Å². The lowest BCUT2D eigenvalue weighted by Gasteiger charge is -2.07. The van der Waals surface area contributed by atoms with Crippen LogP contribution in [0, 0.1) is 0 Å². The van der Waals surface area contributed by atoms with E-state index in [0.29, 0.717) is 0 Å². The van der Waals surface area contributed by atoms with Gasteiger partial charge in [0, 0.05) is 24.3 Å². The summed E-state index contributed by atoms with van der Waals surface area (Å²) in [5.41, 5.74) is 2.17. The van der Waals surface area contributed by atoms with E-state index in [4.69, 9.17) is 4.74 Å². The number of nitrogens with one attached hydrogen (secondary N) is 1. The summed E-state index contributed by atoms with van der Waals surface area (Å²) in [4.78, 5) is 0. The van der Waals surface area contributed by atoms with Crippen LogP contribution >= 0.6 is 0 Å². The summed E-state index contributed by atoms with van der Waals surface area (Å²) in [5, 5.41) is 7.87. The fourth-order valence-corrected chi connectivity index (χ4v) is 1.95. The summed E-state index contributed by atoms with van der Waals surface area (Å²) in [6.07, 6.45) is 6.57. The summed E-state index contributed by atoms with van der Waals surface area (Å²) >= 11 is 0. The summed E-state index contributed by atoms with van der Waals surface area (Å²) in [6.45, 7) is 0.889. The van der Waals surface area contributed by atoms with Crippen molar-refractivity contribution >= 4 is 0 Å². The summed E-state index contributed by atoms with van der Waals surface area (Å²) < 4.78 is 7.20. The van der Waals surface area contributed by atoms with Crippen LogP contribution in [-0.2, 0) is 6.54 Å². The molecular formula is C14H17N3O. The van der Waals surface area contributed by atoms with Crippen molar-refractivity contribution in [1.29, 1.82) is 0 Å². The van der Waals surface area contributed by atoms with Gasteiger partial charge in [-0.1, -0.05) is 12.1 Å². The van der Waals surface area contributed by atoms with Crippen LogP contribution in [0.4, 0.5) is 0 Å². The zero-order chi connectivity index (χ0) is 12.4. The lowest BCUT2D eigenvalue weighted by atomic mass is 10.3. The third kappa shape index (κ3) is 2.38. The van der Waals surface area contributed by atoms with Gasteiger partial charge in [-0.3, -0.25) is 0 Å². The van der Waals surface area contributed by atoms with Gasteiger partial charge in [0.1, 0.15) is 11.4 Å². The Morgan fingerprint density at radius 1 is 1.39 bits per heavy atom. The fraction of sp³-hybridized carbons (Fsp3) is 0.357. The molecule has 0 radical (unpaired) electrons. The van der Waals surface area contributed by atoms with Gasteiger partial charge in [0.25, 0.3) is 0 Å². The van der Waals surface area contributed by atoms with Gasteiger partial charge in [-0.15, -0.1) is 0 Å². The standard InChI is InChI=1S/C14H17N3O/c1-18-14-5-3-2-4-13(14)17-10-11(9-16-17)8-15-12-6-7-12/h2-5,9-10,12,15H,6-8H2,1H3. The SMILES string of the molecule is COc1ccccc1-n1cc(CNC2CC2)cn1. The lowest BCUT2D eigenvalue weighted by Crippen LogP contribution is -2.14. The van der Waals surface area contributed by atoms with E-state index in [2.05, 4.69) is 10.4 Å². The molecule has 0 saturated heterocycles. The van der Waals surface area contributed by atoms with E-state index in [0.717, 1.165) is 24.0 Å². The Hall–Kier alpha value is -1.81. The molecule has 1 fully saturated rings. The molecular weight excluding hydrogens is 226 g/mol. The van der Waals surface area contributed by atoms with Crippen LogP contribution in [0.2, 0.25) is 0 Å². The Labute approximate surface area is 107 Å². The number of ether oxygens (including phenoxy) is 1. The molecule has 1 N–H and O–H groups in total. The molecule has 1 heterocycles. The first-order chi connectivity index (χ1) is 8.86. The van der Waals surface area contributed by atoms with E-state index in [1.165, 1.54) is 18.4 Å². The maximum Gasteiger partial charge on any atom is 0.144 e. The first kappa shape index (κ1) is 11.3. The summed E-state index contributed by atoms with van der Waals surface area (Å²) in [6, 6.07) is 8.62. The molecule has 1 aromatic carbocycles. The fourth-order valence-electron chi connectivity index (χ4n) is 1.95. The Kier molecular flexibility index (Phi) is 3.02. The predicted octanol–water partition coefficient (Wildman–Crippen LogP) is 2.13. The minimum Gasteiger partial charge on any atom is -0.494 e. The third-order valence-corrected chi connectivity index (χ3v) is 3.14. The lowest BCUT2D eigenvalue weighted by molar-refractivity contribution is 0.411. The van der Waals surface area contributed by atoms with E-state index < -0.39 is 0 Å². The third-order valence-electron chi connectivity index (χ3n) is 3.14. The first-order valence-corrected chi connectivity index (χ1v) is 6.27. The summed E-state index contributed by atoms with van der Waals surface area (Å²) in [5.74, 6) is 0.835. The molecule has 0 atom stereocenters. The van der Waals surface area contributed by atoms with Crippen LogP contribution in [0.25, 0.3) is 5.69 Å². The highest BCUT2D eigenvalue weighted by molar-refractivity contribution is 5.46. The van der Waals surface area contributed by atoms with Gasteiger partial charge in [0.2, 0.25) is 0 Å². The average Bonchev–Trinajstić information content (AvgIpc) is 3.13. The minimum absolute atomic E-state index is 0.722. The number of hydrogen-bond donors (Lipinski definition) is 1. The average molecular weight is 243 g/mol. The number of nitrogens with zero attached hydrogens (tertiary/aromatic N) is 2. The van der Waals surface area contributed by atoms with Gasteiger partial charge in [0.05, 0.1) is 13.3 Å². The highest BCUT2D eigenvalue weighted by Crippen LogP contribution is 2.22. The largest absolute Gasteiger partial charge is 0.494 e. The molecule has 94 valence electrons. The highest BCUT2D eigenvalue weighted by atomic mass is 16.5. The number of methoxy groups -OCH3 is 1. The molecule has 4 nitrogen and oxygen atoms in total. The number of rotatable bonds is 5. The molecule has 0 amide bonds. The quantitative estimate of drug-likeness (QED) is 0.874. The number of para-hydroxylation sites is 2. The Morgan fingerprint density at radius 3 is 3.00 bits per heavy atom. The monoisotopic (exact) mass is 243 g/mol. The first-order valence-electron chi connectivity index (χ1n) is 6.27. The van der Waals surface area contributed by atoms with Crippen LogP contribution in [0.15, 0.2) is 36.7 Å². The van der Waals surface area contributed by atoms with Crippen LogP contribution in [0.5, 0.6) is 5.75 Å². The van der Waals surface area contributed by atoms with Crippen molar-refractivity contribution in [1.82, 2.24) is 15.1 Å². The Bertz CT molecular complexity index is 531. The van der Waals surface area contributed by atoms with Crippen LogP contribution < -0.4 is 10.1 Å². The van der Waals surface area contributed by atoms with Gasteiger partial charge >= 0.3 is 0 Å². The van der Waals surface area contributed by atoms with E-state index in [1.807, 2.05) is 41.3 Å². The topological polar surface area (TPSA) is 39.1 Å². The molecule has 3 rings (SSSR count). The van der Waals surface area contributed by atoms with Crippen LogP contribution in [-0.4, -0.2) is 22.9 Å². The van der Waals surface area contributed by atoms with Crippen molar-refractivity contribution in [3.05, 3.63) is 42.2 Å². The second kappa shape index (κ2) is 4.82. The van der Waals surface area contributed by atoms with Gasteiger partial charge < -0.3 is 10.1 Å². The van der Waals surface area contributed by atoms with Gasteiger partial charge in [-0.2, -0.15) is 5.10 Å². The molecule has 0 aliphatic heterocycles. The highest BCUT2D eigenvalue weighted by Gasteiger charge is 2.20. The predicted molar refractivity (Wildman–Crippen MR) is 70.0 cm³/mol. The van der Waals surface area contributed by atoms with Crippen molar-refractivity contribution in [2.45, 2.75) is 25.4 Å². The van der Waals surface area contributed by atoms with Gasteiger partial charge in [-0.25, -0.2) is 4.68 Å². The Morgan fingerprint density at radius 2 is 2.22 bits per heavy atom. The molecule has 1 aromatic heterocycles. The minimum atomic E-state index is 0.722. The molecule has 1 aliphatic rings. The molecule has 0 unspecified atom stereocenters. The van der Waals surface area contributed by atoms with E-state index >= 15 is 0 Å². The van der Waals surface area contributed by atoms with E-state index in [-0.39, 0.29) is 0 Å². The maximum absolute atomic E-state index is 5.34. The molecule has 4 heteroatoms. The maximum atomic E-state index is 5.34. The zero-order valence-electron chi connectivity index (χ0n) is 10.5. The van der Waals surface area contributed by atoms with Crippen molar-refractivity contribution in [3.8, 4) is 11.4 Å². The van der Waals surface area contributed by atoms with E-state index in [1.54, 1.807) is 7.11 Å². The number of hydrogen-bond acceptors (Lipinski definition) is 3. The van der Waals surface area contributed by atoms with Crippen LogP contribution in [0.3, 0.4) is 0 Å². The number of aromatic nitrogens is 2. The normalized spacial score (nSPS) is 14.7. The second-order valence-electron chi connectivity index (χ2n) is 4.62. The molecule has 1 saturated carbocycles. The van der Waals surface area contributed by atoms with Crippen LogP contribution in [0.1, 0.15) is 18.4 Å². The van der Waals surface area contributed by atoms with Crippen molar-refractivity contribution in [3.63, 3.8) is 0 Å². The zero-order valence-corrected chi connectivity index (χ0v) is 10.5. The summed E-state index contributed by atoms with van der Waals surface area (Å²) in [7, 11) is 1.68. The molecule has 1 aliphatic carbocycles.